The molecule has 3 amide bonds. The van der Waals surface area contributed by atoms with E-state index < -0.39 is 23.2 Å². The molecule has 0 aromatic heterocycles. The first-order chi connectivity index (χ1) is 13.3. The first-order valence-electron chi connectivity index (χ1n) is 8.82. The third-order valence-electron chi connectivity index (χ3n) is 4.95. The van der Waals surface area contributed by atoms with Gasteiger partial charge in [0.1, 0.15) is 5.75 Å². The van der Waals surface area contributed by atoms with E-state index in [9.17, 15) is 18.8 Å². The van der Waals surface area contributed by atoms with E-state index in [2.05, 4.69) is 5.92 Å². The molecule has 144 valence electrons. The second kappa shape index (κ2) is 6.27. The number of fused-ring (bicyclic) bond motifs is 1. The van der Waals surface area contributed by atoms with Crippen molar-refractivity contribution in [2.24, 2.45) is 0 Å². The Balaban J connectivity index is 1.80. The fourth-order valence-electron chi connectivity index (χ4n) is 3.42. The van der Waals surface area contributed by atoms with Gasteiger partial charge in [0.25, 0.3) is 5.91 Å². The van der Waals surface area contributed by atoms with Gasteiger partial charge in [-0.15, -0.1) is 6.42 Å². The first-order valence-corrected chi connectivity index (χ1v) is 9.23. The van der Waals surface area contributed by atoms with Crippen molar-refractivity contribution >= 4 is 46.4 Å². The molecule has 2 fully saturated rings. The largest absolute Gasteiger partial charge is 0.475 e. The van der Waals surface area contributed by atoms with Crippen molar-refractivity contribution in [3.8, 4) is 18.1 Å². The lowest BCUT2D eigenvalue weighted by atomic mass is 10.1. The van der Waals surface area contributed by atoms with Gasteiger partial charge < -0.3 is 4.74 Å². The van der Waals surface area contributed by atoms with E-state index in [1.165, 1.54) is 11.0 Å². The van der Waals surface area contributed by atoms with Gasteiger partial charge >= 0.3 is 11.8 Å². The van der Waals surface area contributed by atoms with Gasteiger partial charge in [-0.2, -0.15) is 0 Å². The van der Waals surface area contributed by atoms with Crippen molar-refractivity contribution < 1.29 is 23.5 Å². The number of hydrogen-bond acceptors (Lipinski definition) is 5. The van der Waals surface area contributed by atoms with Crippen LogP contribution in [0, 0.1) is 18.2 Å². The van der Waals surface area contributed by atoms with Gasteiger partial charge in [0.15, 0.2) is 16.5 Å². The van der Waals surface area contributed by atoms with Crippen molar-refractivity contribution in [3.05, 3.63) is 17.9 Å². The summed E-state index contributed by atoms with van der Waals surface area (Å²) in [7, 11) is 0. The van der Waals surface area contributed by atoms with E-state index in [-0.39, 0.29) is 41.2 Å². The van der Waals surface area contributed by atoms with Crippen LogP contribution < -0.4 is 14.5 Å². The summed E-state index contributed by atoms with van der Waals surface area (Å²) in [6.45, 7) is 2.05. The van der Waals surface area contributed by atoms with E-state index in [1.807, 2.05) is 6.92 Å². The van der Waals surface area contributed by atoms with E-state index in [0.29, 0.717) is 19.3 Å². The standard InChI is InChI=1S/C19H16FN3O4S/c1-3-7-21-13-10-12(23-16(25)15(24)22(8-4-2)18(23)28)11(20)9-14(13)27-19(5-6-19)17(21)26/h1,9-10H,4-8H2,2H3. The maximum Gasteiger partial charge on any atom is 0.323 e. The van der Waals surface area contributed by atoms with Gasteiger partial charge in [0.05, 0.1) is 17.9 Å². The Morgan fingerprint density at radius 1 is 1.21 bits per heavy atom. The highest BCUT2D eigenvalue weighted by Crippen LogP contribution is 2.50. The summed E-state index contributed by atoms with van der Waals surface area (Å²) in [6.07, 6.45) is 7.04. The van der Waals surface area contributed by atoms with Crippen LogP contribution in [-0.4, -0.2) is 46.4 Å². The van der Waals surface area contributed by atoms with Crippen molar-refractivity contribution in [1.82, 2.24) is 4.90 Å². The summed E-state index contributed by atoms with van der Waals surface area (Å²) >= 11 is 5.23. The zero-order chi connectivity index (χ0) is 20.2. The molecule has 1 aromatic rings. The number of halogens is 1. The monoisotopic (exact) mass is 401 g/mol. The predicted octanol–water partition coefficient (Wildman–Crippen LogP) is 1.59. The lowest BCUT2D eigenvalue weighted by Crippen LogP contribution is -2.48. The zero-order valence-electron chi connectivity index (χ0n) is 15.0. The molecule has 1 spiro atoms. The minimum atomic E-state index is -0.982. The van der Waals surface area contributed by atoms with E-state index >= 15 is 0 Å². The third kappa shape index (κ3) is 2.48. The maximum atomic E-state index is 14.9. The van der Waals surface area contributed by atoms with Crippen molar-refractivity contribution in [1.29, 1.82) is 0 Å². The molecule has 0 atom stereocenters. The second-order valence-corrected chi connectivity index (χ2v) is 7.21. The van der Waals surface area contributed by atoms with Gasteiger partial charge in [-0.1, -0.05) is 12.8 Å². The molecule has 2 aliphatic heterocycles. The Morgan fingerprint density at radius 3 is 2.54 bits per heavy atom. The van der Waals surface area contributed by atoms with E-state index in [1.54, 1.807) is 0 Å². The number of carbonyl (C=O) groups excluding carboxylic acids is 3. The van der Waals surface area contributed by atoms with E-state index in [0.717, 1.165) is 15.9 Å². The van der Waals surface area contributed by atoms with Crippen LogP contribution in [0.5, 0.6) is 5.75 Å². The van der Waals surface area contributed by atoms with Crippen LogP contribution in [-0.2, 0) is 14.4 Å². The van der Waals surface area contributed by atoms with E-state index in [4.69, 9.17) is 23.4 Å². The summed E-state index contributed by atoms with van der Waals surface area (Å²) < 4.78 is 20.6. The molecule has 0 radical (unpaired) electrons. The van der Waals surface area contributed by atoms with Gasteiger partial charge in [0.2, 0.25) is 0 Å². The molecule has 7 nitrogen and oxygen atoms in total. The summed E-state index contributed by atoms with van der Waals surface area (Å²) in [6, 6.07) is 2.38. The Kier molecular flexibility index (Phi) is 4.12. The number of hydrogen-bond donors (Lipinski definition) is 0. The average molecular weight is 401 g/mol. The highest BCUT2D eigenvalue weighted by molar-refractivity contribution is 7.80. The first kappa shape index (κ1) is 18.4. The molecule has 2 heterocycles. The summed E-state index contributed by atoms with van der Waals surface area (Å²) in [5.41, 5.74) is -0.954. The topological polar surface area (TPSA) is 70.2 Å². The Labute approximate surface area is 166 Å². The summed E-state index contributed by atoms with van der Waals surface area (Å²) in [5.74, 6) is -0.253. The molecular formula is C19H16FN3O4S. The maximum absolute atomic E-state index is 14.9. The lowest BCUT2D eigenvalue weighted by Gasteiger charge is -2.34. The van der Waals surface area contributed by atoms with Crippen LogP contribution in [0.25, 0.3) is 0 Å². The molecule has 1 saturated carbocycles. The SMILES string of the molecule is C#CCN1C(=O)C2(CC2)Oc2cc(F)c(N3C(=O)C(=O)N(CCC)C3=S)cc21. The fraction of sp³-hybridized carbons (Fsp3) is 0.368. The van der Waals surface area contributed by atoms with Crippen molar-refractivity contribution in [3.63, 3.8) is 0 Å². The predicted molar refractivity (Wildman–Crippen MR) is 102 cm³/mol. The molecule has 0 bridgehead atoms. The minimum Gasteiger partial charge on any atom is -0.475 e. The lowest BCUT2D eigenvalue weighted by molar-refractivity contribution is -0.139. The van der Waals surface area contributed by atoms with Gasteiger partial charge in [-0.25, -0.2) is 9.29 Å². The number of thiocarbonyl (C=S) groups is 1. The molecule has 28 heavy (non-hydrogen) atoms. The number of ether oxygens (including phenoxy) is 1. The Hall–Kier alpha value is -2.99. The fourth-order valence-corrected chi connectivity index (χ4v) is 3.78. The molecule has 3 aliphatic rings. The van der Waals surface area contributed by atoms with Gasteiger partial charge in [-0.05, 0) is 24.7 Å². The Morgan fingerprint density at radius 2 is 1.93 bits per heavy atom. The van der Waals surface area contributed by atoms with Crippen LogP contribution in [0.1, 0.15) is 26.2 Å². The smallest absolute Gasteiger partial charge is 0.323 e. The van der Waals surface area contributed by atoms with Gasteiger partial charge in [0, 0.05) is 25.5 Å². The number of terminal acetylenes is 1. The summed E-state index contributed by atoms with van der Waals surface area (Å²) in [5, 5.41) is -0.0964. The zero-order valence-corrected chi connectivity index (χ0v) is 15.8. The highest BCUT2D eigenvalue weighted by atomic mass is 32.1. The molecular weight excluding hydrogens is 385 g/mol. The number of benzene rings is 1. The summed E-state index contributed by atoms with van der Waals surface area (Å²) in [4.78, 5) is 40.7. The minimum absolute atomic E-state index is 0.0265. The third-order valence-corrected chi connectivity index (χ3v) is 5.36. The molecule has 0 N–H and O–H groups in total. The van der Waals surface area contributed by atoms with Crippen molar-refractivity contribution in [2.45, 2.75) is 31.8 Å². The molecule has 4 rings (SSSR count). The van der Waals surface area contributed by atoms with Crippen LogP contribution >= 0.6 is 12.2 Å². The number of amides is 3. The molecule has 1 aliphatic carbocycles. The normalized spacial score (nSPS) is 19.8. The number of rotatable bonds is 4. The second-order valence-electron chi connectivity index (χ2n) is 6.84. The van der Waals surface area contributed by atoms with Gasteiger partial charge in [-0.3, -0.25) is 24.2 Å². The van der Waals surface area contributed by atoms with Crippen LogP contribution in [0.4, 0.5) is 15.8 Å². The molecule has 0 unspecified atom stereocenters. The Bertz CT molecular complexity index is 982. The number of anilines is 2. The number of nitrogens with zero attached hydrogens (tertiary/aromatic N) is 3. The average Bonchev–Trinajstić information content (AvgIpc) is 3.40. The van der Waals surface area contributed by atoms with Crippen LogP contribution in [0.15, 0.2) is 12.1 Å². The molecule has 1 saturated heterocycles. The highest BCUT2D eigenvalue weighted by Gasteiger charge is 2.58. The van der Waals surface area contributed by atoms with Crippen molar-refractivity contribution in [2.75, 3.05) is 22.9 Å². The molecule has 1 aromatic carbocycles. The molecule has 9 heteroatoms. The van der Waals surface area contributed by atoms with Crippen LogP contribution in [0.2, 0.25) is 0 Å². The van der Waals surface area contributed by atoms with Crippen LogP contribution in [0.3, 0.4) is 0 Å². The number of carbonyl (C=O) groups is 3. The quantitative estimate of drug-likeness (QED) is 0.435.